The number of hydrogen-bond acceptors (Lipinski definition) is 5. The van der Waals surface area contributed by atoms with Gasteiger partial charge in [0.05, 0.1) is 6.04 Å². The number of halogens is 1. The fraction of sp³-hybridized carbons (Fsp3) is 0.364. The molecule has 0 aliphatic carbocycles. The number of rotatable bonds is 9. The Balaban J connectivity index is 1.79. The third kappa shape index (κ3) is 5.61. The molecule has 3 rings (SSSR count). The quantitative estimate of drug-likeness (QED) is 0.530. The van der Waals surface area contributed by atoms with Crippen LogP contribution in [0.3, 0.4) is 0 Å². The second-order valence-corrected chi connectivity index (χ2v) is 8.52. The molecular formula is C22H26FN5O2S. The van der Waals surface area contributed by atoms with E-state index < -0.39 is 17.8 Å². The van der Waals surface area contributed by atoms with Gasteiger partial charge in [0.25, 0.3) is 5.91 Å². The molecule has 0 unspecified atom stereocenters. The van der Waals surface area contributed by atoms with E-state index in [1.54, 1.807) is 11.8 Å². The first-order chi connectivity index (χ1) is 14.9. The Morgan fingerprint density at radius 2 is 1.84 bits per heavy atom. The SMILES string of the molecule is CSCC[C@@H](NC(=O)[C@@H](NC(=O)c1ccc(F)cc1)C(C)C)c1nnc2ccccn12. The summed E-state index contributed by atoms with van der Waals surface area (Å²) in [6.45, 7) is 3.72. The molecule has 2 aromatic heterocycles. The van der Waals surface area contributed by atoms with Crippen molar-refractivity contribution in [3.63, 3.8) is 0 Å². The van der Waals surface area contributed by atoms with Gasteiger partial charge in [-0.15, -0.1) is 10.2 Å². The van der Waals surface area contributed by atoms with Crippen LogP contribution < -0.4 is 10.6 Å². The summed E-state index contributed by atoms with van der Waals surface area (Å²) in [5.74, 6) is 0.158. The van der Waals surface area contributed by atoms with E-state index in [4.69, 9.17) is 0 Å². The first-order valence-electron chi connectivity index (χ1n) is 10.1. The maximum absolute atomic E-state index is 13.2. The molecule has 2 atom stereocenters. The molecule has 0 aliphatic rings. The fourth-order valence-electron chi connectivity index (χ4n) is 3.22. The number of pyridine rings is 1. The minimum Gasteiger partial charge on any atom is -0.344 e. The summed E-state index contributed by atoms with van der Waals surface area (Å²) in [4.78, 5) is 25.8. The molecule has 0 saturated carbocycles. The van der Waals surface area contributed by atoms with E-state index in [-0.39, 0.29) is 17.9 Å². The molecule has 0 radical (unpaired) electrons. The van der Waals surface area contributed by atoms with Crippen molar-refractivity contribution < 1.29 is 14.0 Å². The minimum atomic E-state index is -0.756. The van der Waals surface area contributed by atoms with Gasteiger partial charge in [-0.05, 0) is 60.7 Å². The number of benzene rings is 1. The predicted octanol–water partition coefficient (Wildman–Crippen LogP) is 3.23. The Bertz CT molecular complexity index is 1040. The molecule has 0 aliphatic heterocycles. The van der Waals surface area contributed by atoms with E-state index >= 15 is 0 Å². The van der Waals surface area contributed by atoms with Crippen LogP contribution in [0.15, 0.2) is 48.7 Å². The highest BCUT2D eigenvalue weighted by Gasteiger charge is 2.28. The molecule has 164 valence electrons. The van der Waals surface area contributed by atoms with Crippen molar-refractivity contribution in [2.45, 2.75) is 32.4 Å². The molecule has 0 spiro atoms. The average Bonchev–Trinajstić information content (AvgIpc) is 3.19. The molecule has 31 heavy (non-hydrogen) atoms. The summed E-state index contributed by atoms with van der Waals surface area (Å²) in [6.07, 6.45) is 4.53. The van der Waals surface area contributed by atoms with Crippen LogP contribution >= 0.6 is 11.8 Å². The first kappa shape index (κ1) is 22.7. The fourth-order valence-corrected chi connectivity index (χ4v) is 3.69. The van der Waals surface area contributed by atoms with Crippen LogP contribution in [0.1, 0.15) is 42.5 Å². The summed E-state index contributed by atoms with van der Waals surface area (Å²) in [7, 11) is 0. The molecule has 2 N–H and O–H groups in total. The first-order valence-corrected chi connectivity index (χ1v) is 11.5. The summed E-state index contributed by atoms with van der Waals surface area (Å²) in [6, 6.07) is 9.71. The Morgan fingerprint density at radius 1 is 1.10 bits per heavy atom. The van der Waals surface area contributed by atoms with Gasteiger partial charge in [-0.25, -0.2) is 4.39 Å². The average molecular weight is 444 g/mol. The lowest BCUT2D eigenvalue weighted by Gasteiger charge is -2.25. The van der Waals surface area contributed by atoms with Gasteiger partial charge in [-0.3, -0.25) is 14.0 Å². The zero-order chi connectivity index (χ0) is 22.4. The smallest absolute Gasteiger partial charge is 0.251 e. The molecular weight excluding hydrogens is 417 g/mol. The topological polar surface area (TPSA) is 88.4 Å². The van der Waals surface area contributed by atoms with Crippen molar-refractivity contribution in [2.75, 3.05) is 12.0 Å². The second-order valence-electron chi connectivity index (χ2n) is 7.53. The number of hydrogen-bond donors (Lipinski definition) is 2. The minimum absolute atomic E-state index is 0.152. The zero-order valence-corrected chi connectivity index (χ0v) is 18.5. The lowest BCUT2D eigenvalue weighted by molar-refractivity contribution is -0.124. The third-order valence-corrected chi connectivity index (χ3v) is 5.57. The number of nitrogens with zero attached hydrogens (tertiary/aromatic N) is 3. The van der Waals surface area contributed by atoms with Crippen molar-refractivity contribution in [1.82, 2.24) is 25.2 Å². The van der Waals surface area contributed by atoms with Gasteiger partial charge in [-0.1, -0.05) is 19.9 Å². The molecule has 0 saturated heterocycles. The molecule has 7 nitrogen and oxygen atoms in total. The van der Waals surface area contributed by atoms with Crippen LogP contribution in [-0.2, 0) is 4.79 Å². The largest absolute Gasteiger partial charge is 0.344 e. The van der Waals surface area contributed by atoms with Crippen LogP contribution in [0.5, 0.6) is 0 Å². The van der Waals surface area contributed by atoms with E-state index in [1.165, 1.54) is 24.3 Å². The molecule has 9 heteroatoms. The number of nitrogens with one attached hydrogen (secondary N) is 2. The highest BCUT2D eigenvalue weighted by atomic mass is 32.2. The van der Waals surface area contributed by atoms with Gasteiger partial charge < -0.3 is 10.6 Å². The third-order valence-electron chi connectivity index (χ3n) is 4.92. The lowest BCUT2D eigenvalue weighted by atomic mass is 10.0. The van der Waals surface area contributed by atoms with Crippen molar-refractivity contribution in [2.24, 2.45) is 5.92 Å². The molecule has 2 heterocycles. The second kappa shape index (κ2) is 10.4. The van der Waals surface area contributed by atoms with Gasteiger partial charge in [0.1, 0.15) is 11.9 Å². The van der Waals surface area contributed by atoms with Crippen molar-refractivity contribution >= 4 is 29.2 Å². The molecule has 1 aromatic carbocycles. The number of fused-ring (bicyclic) bond motifs is 1. The van der Waals surface area contributed by atoms with Crippen molar-refractivity contribution in [1.29, 1.82) is 0 Å². The monoisotopic (exact) mass is 443 g/mol. The van der Waals surface area contributed by atoms with Gasteiger partial charge in [0.2, 0.25) is 5.91 Å². The number of aromatic nitrogens is 3. The van der Waals surface area contributed by atoms with Crippen LogP contribution in [0.4, 0.5) is 4.39 Å². The van der Waals surface area contributed by atoms with Crippen LogP contribution in [0.25, 0.3) is 5.65 Å². The van der Waals surface area contributed by atoms with E-state index in [0.717, 1.165) is 5.75 Å². The molecule has 3 aromatic rings. The maximum atomic E-state index is 13.2. The van der Waals surface area contributed by atoms with Gasteiger partial charge in [0, 0.05) is 11.8 Å². The van der Waals surface area contributed by atoms with E-state index in [2.05, 4.69) is 20.8 Å². The maximum Gasteiger partial charge on any atom is 0.251 e. The molecule has 0 fully saturated rings. The molecule has 2 amide bonds. The zero-order valence-electron chi connectivity index (χ0n) is 17.7. The number of carbonyl (C=O) groups is 2. The Kier molecular flexibility index (Phi) is 7.62. The Hall–Kier alpha value is -2.94. The van der Waals surface area contributed by atoms with E-state index in [1.807, 2.05) is 48.9 Å². The van der Waals surface area contributed by atoms with Gasteiger partial charge >= 0.3 is 0 Å². The van der Waals surface area contributed by atoms with E-state index in [9.17, 15) is 14.0 Å². The number of carbonyl (C=O) groups excluding carboxylic acids is 2. The summed E-state index contributed by atoms with van der Waals surface area (Å²) in [5.41, 5.74) is 0.994. The van der Waals surface area contributed by atoms with Gasteiger partial charge in [0.15, 0.2) is 11.5 Å². The summed E-state index contributed by atoms with van der Waals surface area (Å²) >= 11 is 1.67. The summed E-state index contributed by atoms with van der Waals surface area (Å²) in [5, 5.41) is 14.3. The highest BCUT2D eigenvalue weighted by Crippen LogP contribution is 2.19. The Morgan fingerprint density at radius 3 is 2.52 bits per heavy atom. The Labute approximate surface area is 184 Å². The van der Waals surface area contributed by atoms with Crippen LogP contribution in [0.2, 0.25) is 0 Å². The highest BCUT2D eigenvalue weighted by molar-refractivity contribution is 7.98. The van der Waals surface area contributed by atoms with E-state index in [0.29, 0.717) is 23.5 Å². The van der Waals surface area contributed by atoms with Crippen LogP contribution in [-0.4, -0.2) is 44.5 Å². The van der Waals surface area contributed by atoms with Crippen molar-refractivity contribution in [3.8, 4) is 0 Å². The van der Waals surface area contributed by atoms with Crippen molar-refractivity contribution in [3.05, 3.63) is 65.9 Å². The normalized spacial score (nSPS) is 13.2. The number of amides is 2. The molecule has 0 bridgehead atoms. The van der Waals surface area contributed by atoms with Gasteiger partial charge in [-0.2, -0.15) is 11.8 Å². The lowest BCUT2D eigenvalue weighted by Crippen LogP contribution is -2.50. The summed E-state index contributed by atoms with van der Waals surface area (Å²) < 4.78 is 15.0. The standard InChI is InChI=1S/C22H26FN5O2S/c1-14(2)19(25-21(29)15-7-9-16(23)10-8-15)22(30)24-17(11-13-31-3)20-27-26-18-6-4-5-12-28(18)20/h4-10,12,14,17,19H,11,13H2,1-3H3,(H,24,30)(H,25,29)/t17-,19+/m1/s1. The van der Waals surface area contributed by atoms with Crippen LogP contribution in [0, 0.1) is 11.7 Å². The number of thioether (sulfide) groups is 1. The predicted molar refractivity (Wildman–Crippen MR) is 119 cm³/mol.